The number of aryl methyl sites for hydroxylation is 1. The molecule has 2 atom stereocenters. The van der Waals surface area contributed by atoms with Gasteiger partial charge in [-0.15, -0.1) is 11.6 Å². The lowest BCUT2D eigenvalue weighted by Gasteiger charge is -2.35. The van der Waals surface area contributed by atoms with Gasteiger partial charge in [-0.2, -0.15) is 0 Å². The average Bonchev–Trinajstić information content (AvgIpc) is 2.81. The first kappa shape index (κ1) is 23.2. The summed E-state index contributed by atoms with van der Waals surface area (Å²) in [7, 11) is 0. The number of nitrogens with one attached hydrogen (secondary N) is 1. The van der Waals surface area contributed by atoms with Gasteiger partial charge in [0, 0.05) is 48.5 Å². The fourth-order valence-corrected chi connectivity index (χ4v) is 4.67. The topological polar surface area (TPSA) is 47.6 Å². The van der Waals surface area contributed by atoms with Gasteiger partial charge < -0.3 is 14.8 Å². The number of anilines is 1. The number of hydrogen-bond acceptors (Lipinski definition) is 4. The Morgan fingerprint density at radius 3 is 2.61 bits per heavy atom. The van der Waals surface area contributed by atoms with Crippen LogP contribution in [0, 0.1) is 6.92 Å². The largest absolute Gasteiger partial charge is 0.492 e. The number of halogens is 1. The van der Waals surface area contributed by atoms with Crippen LogP contribution in [-0.4, -0.2) is 25.0 Å². The van der Waals surface area contributed by atoms with Crippen LogP contribution >= 0.6 is 11.6 Å². The minimum absolute atomic E-state index is 0.132. The minimum Gasteiger partial charge on any atom is -0.492 e. The lowest BCUT2D eigenvalue weighted by Crippen LogP contribution is -2.25. The molecule has 3 aromatic carbocycles. The zero-order valence-corrected chi connectivity index (χ0v) is 19.9. The third kappa shape index (κ3) is 5.69. The van der Waals surface area contributed by atoms with Crippen molar-refractivity contribution in [2.45, 2.75) is 38.5 Å². The molecule has 2 unspecified atom stereocenters. The van der Waals surface area contributed by atoms with E-state index in [1.807, 2.05) is 18.2 Å². The van der Waals surface area contributed by atoms with Crippen molar-refractivity contribution in [3.05, 3.63) is 89.0 Å². The molecule has 0 aromatic heterocycles. The van der Waals surface area contributed by atoms with E-state index in [0.29, 0.717) is 18.2 Å². The second kappa shape index (κ2) is 10.8. The van der Waals surface area contributed by atoms with Crippen molar-refractivity contribution < 1.29 is 14.3 Å². The van der Waals surface area contributed by atoms with Gasteiger partial charge in [-0.3, -0.25) is 4.79 Å². The van der Waals surface area contributed by atoms with E-state index in [1.165, 1.54) is 23.6 Å². The van der Waals surface area contributed by atoms with Crippen molar-refractivity contribution in [3.8, 4) is 11.5 Å². The van der Waals surface area contributed by atoms with Gasteiger partial charge in [0.2, 0.25) is 0 Å². The van der Waals surface area contributed by atoms with E-state index in [4.69, 9.17) is 21.1 Å². The van der Waals surface area contributed by atoms with Crippen LogP contribution in [-0.2, 0) is 4.79 Å². The molecule has 33 heavy (non-hydrogen) atoms. The molecule has 1 aliphatic rings. The number of rotatable bonds is 8. The molecule has 3 aromatic rings. The molecule has 172 valence electrons. The Kier molecular flexibility index (Phi) is 7.56. The number of alkyl halides is 1. The zero-order chi connectivity index (χ0) is 23.2. The highest BCUT2D eigenvalue weighted by atomic mass is 35.5. The van der Waals surface area contributed by atoms with E-state index < -0.39 is 0 Å². The number of ether oxygens (including phenoxy) is 2. The van der Waals surface area contributed by atoms with E-state index in [1.54, 1.807) is 0 Å². The number of hydrogen-bond donors (Lipinski definition) is 1. The predicted octanol–water partition coefficient (Wildman–Crippen LogP) is 6.66. The summed E-state index contributed by atoms with van der Waals surface area (Å²) in [5.74, 6) is 1.95. The molecule has 0 amide bonds. The van der Waals surface area contributed by atoms with E-state index in [0.717, 1.165) is 36.4 Å². The van der Waals surface area contributed by atoms with Gasteiger partial charge in [0.25, 0.3) is 0 Å². The van der Waals surface area contributed by atoms with Crippen LogP contribution in [0.3, 0.4) is 0 Å². The smallest absolute Gasteiger partial charge is 0.308 e. The van der Waals surface area contributed by atoms with Gasteiger partial charge in [-0.05, 0) is 49.1 Å². The second-order valence-corrected chi connectivity index (χ2v) is 8.93. The summed E-state index contributed by atoms with van der Waals surface area (Å²) in [5.41, 5.74) is 5.94. The fourth-order valence-electron chi connectivity index (χ4n) is 4.48. The van der Waals surface area contributed by atoms with Crippen LogP contribution in [0.15, 0.2) is 66.7 Å². The van der Waals surface area contributed by atoms with Crippen LogP contribution in [0.4, 0.5) is 5.69 Å². The van der Waals surface area contributed by atoms with Crippen LogP contribution in [0.2, 0.25) is 0 Å². The molecular weight excluding hydrogens is 434 g/mol. The van der Waals surface area contributed by atoms with Gasteiger partial charge in [-0.25, -0.2) is 0 Å². The molecule has 0 fully saturated rings. The molecule has 0 spiro atoms. The standard InChI is InChI=1S/C28H30ClNO3/c1-19-6-5-7-22(16-19)26-18-32-27-17-24(33-20(2)31)12-13-25(27)28(26)21-8-10-23(11-9-21)30-15-4-3-14-29/h5-13,16-17,26,28,30H,3-4,14-15,18H2,1-2H3. The summed E-state index contributed by atoms with van der Waals surface area (Å²) in [6, 6.07) is 23.0. The van der Waals surface area contributed by atoms with Crippen molar-refractivity contribution in [2.75, 3.05) is 24.3 Å². The first-order chi connectivity index (χ1) is 16.0. The summed E-state index contributed by atoms with van der Waals surface area (Å²) in [4.78, 5) is 11.4. The van der Waals surface area contributed by atoms with E-state index in [9.17, 15) is 4.79 Å². The van der Waals surface area contributed by atoms with Crippen molar-refractivity contribution >= 4 is 23.3 Å². The fraction of sp³-hybridized carbons (Fsp3) is 0.321. The summed E-state index contributed by atoms with van der Waals surface area (Å²) in [5, 5.41) is 3.47. The first-order valence-corrected chi connectivity index (χ1v) is 12.0. The molecule has 0 aliphatic carbocycles. The third-order valence-electron chi connectivity index (χ3n) is 6.03. The summed E-state index contributed by atoms with van der Waals surface area (Å²) >= 11 is 5.78. The summed E-state index contributed by atoms with van der Waals surface area (Å²) in [6.45, 7) is 4.99. The Hall–Kier alpha value is -2.98. The monoisotopic (exact) mass is 463 g/mol. The molecule has 4 rings (SSSR count). The lowest BCUT2D eigenvalue weighted by molar-refractivity contribution is -0.131. The molecule has 0 radical (unpaired) electrons. The zero-order valence-electron chi connectivity index (χ0n) is 19.1. The van der Waals surface area contributed by atoms with Gasteiger partial charge in [0.1, 0.15) is 11.5 Å². The quantitative estimate of drug-likeness (QED) is 0.175. The highest BCUT2D eigenvalue weighted by Crippen LogP contribution is 2.47. The maximum Gasteiger partial charge on any atom is 0.308 e. The number of unbranched alkanes of at least 4 members (excludes halogenated alkanes) is 1. The summed E-state index contributed by atoms with van der Waals surface area (Å²) in [6.07, 6.45) is 2.07. The van der Waals surface area contributed by atoms with Gasteiger partial charge in [0.05, 0.1) is 6.61 Å². The molecule has 0 saturated carbocycles. The highest BCUT2D eigenvalue weighted by molar-refractivity contribution is 6.17. The minimum atomic E-state index is -0.339. The van der Waals surface area contributed by atoms with E-state index in [-0.39, 0.29) is 17.8 Å². The Morgan fingerprint density at radius 1 is 1.06 bits per heavy atom. The van der Waals surface area contributed by atoms with Gasteiger partial charge in [-0.1, -0.05) is 48.0 Å². The Balaban J connectivity index is 1.67. The van der Waals surface area contributed by atoms with Crippen molar-refractivity contribution in [2.24, 2.45) is 0 Å². The maximum atomic E-state index is 11.4. The van der Waals surface area contributed by atoms with Crippen LogP contribution in [0.5, 0.6) is 11.5 Å². The molecule has 5 heteroatoms. The van der Waals surface area contributed by atoms with E-state index >= 15 is 0 Å². The summed E-state index contributed by atoms with van der Waals surface area (Å²) < 4.78 is 11.5. The maximum absolute atomic E-state index is 11.4. The number of benzene rings is 3. The van der Waals surface area contributed by atoms with Gasteiger partial charge >= 0.3 is 5.97 Å². The lowest BCUT2D eigenvalue weighted by atomic mass is 9.75. The Labute approximate surface area is 200 Å². The molecule has 0 saturated heterocycles. The molecular formula is C28H30ClNO3. The molecule has 1 N–H and O–H groups in total. The highest BCUT2D eigenvalue weighted by Gasteiger charge is 2.33. The Bertz CT molecular complexity index is 1100. The van der Waals surface area contributed by atoms with Gasteiger partial charge in [0.15, 0.2) is 0 Å². The number of carbonyl (C=O) groups is 1. The van der Waals surface area contributed by atoms with Crippen LogP contribution in [0.25, 0.3) is 0 Å². The SMILES string of the molecule is CC(=O)Oc1ccc2c(c1)OCC(c1cccc(C)c1)C2c1ccc(NCCCCCl)cc1. The molecule has 4 nitrogen and oxygen atoms in total. The first-order valence-electron chi connectivity index (χ1n) is 11.5. The molecule has 1 heterocycles. The second-order valence-electron chi connectivity index (χ2n) is 8.55. The molecule has 0 bridgehead atoms. The van der Waals surface area contributed by atoms with Crippen molar-refractivity contribution in [1.29, 1.82) is 0 Å². The number of fused-ring (bicyclic) bond motifs is 1. The normalized spacial score (nSPS) is 17.1. The number of carbonyl (C=O) groups excluding carboxylic acids is 1. The van der Waals surface area contributed by atoms with Crippen LogP contribution < -0.4 is 14.8 Å². The molecule has 1 aliphatic heterocycles. The van der Waals surface area contributed by atoms with Crippen LogP contribution in [0.1, 0.15) is 53.9 Å². The van der Waals surface area contributed by atoms with Crippen molar-refractivity contribution in [3.63, 3.8) is 0 Å². The average molecular weight is 464 g/mol. The Morgan fingerprint density at radius 2 is 1.88 bits per heavy atom. The number of esters is 1. The van der Waals surface area contributed by atoms with Crippen molar-refractivity contribution in [1.82, 2.24) is 0 Å². The van der Waals surface area contributed by atoms with E-state index in [2.05, 4.69) is 60.8 Å². The third-order valence-corrected chi connectivity index (χ3v) is 6.30. The predicted molar refractivity (Wildman–Crippen MR) is 134 cm³/mol.